The highest BCUT2D eigenvalue weighted by atomic mass is 16.5. The molecular formula is C18H18N2O3. The Balaban J connectivity index is 1.87. The second-order valence-corrected chi connectivity index (χ2v) is 5.31. The predicted octanol–water partition coefficient (Wildman–Crippen LogP) is 3.75. The molecule has 0 saturated heterocycles. The predicted molar refractivity (Wildman–Crippen MR) is 90.5 cm³/mol. The molecule has 0 unspecified atom stereocenters. The van der Waals surface area contributed by atoms with Crippen molar-refractivity contribution in [3.8, 4) is 11.5 Å². The minimum Gasteiger partial charge on any atom is -0.497 e. The first-order valence-electron chi connectivity index (χ1n) is 7.23. The van der Waals surface area contributed by atoms with Crippen LogP contribution in [0.25, 0.3) is 10.9 Å². The van der Waals surface area contributed by atoms with Crippen molar-refractivity contribution >= 4 is 22.5 Å². The summed E-state index contributed by atoms with van der Waals surface area (Å²) in [6.45, 7) is 2.00. The van der Waals surface area contributed by atoms with Gasteiger partial charge in [-0.05, 0) is 43.3 Å². The molecule has 0 aliphatic rings. The van der Waals surface area contributed by atoms with Gasteiger partial charge >= 0.3 is 0 Å². The number of H-pyrrole nitrogens is 1. The number of rotatable bonds is 4. The summed E-state index contributed by atoms with van der Waals surface area (Å²) in [6.07, 6.45) is 0. The Morgan fingerprint density at radius 2 is 1.70 bits per heavy atom. The van der Waals surface area contributed by atoms with E-state index >= 15 is 0 Å². The maximum absolute atomic E-state index is 12.5. The lowest BCUT2D eigenvalue weighted by Crippen LogP contribution is -2.12. The molecule has 3 rings (SSSR count). The fourth-order valence-corrected chi connectivity index (χ4v) is 2.50. The number of hydrogen-bond acceptors (Lipinski definition) is 3. The Bertz CT molecular complexity index is 846. The van der Waals surface area contributed by atoms with Crippen molar-refractivity contribution < 1.29 is 14.3 Å². The minimum atomic E-state index is -0.214. The monoisotopic (exact) mass is 310 g/mol. The van der Waals surface area contributed by atoms with Crippen molar-refractivity contribution in [1.29, 1.82) is 0 Å². The quantitative estimate of drug-likeness (QED) is 0.771. The van der Waals surface area contributed by atoms with Crippen LogP contribution in [-0.4, -0.2) is 25.1 Å². The number of anilines is 1. The van der Waals surface area contributed by atoms with Crippen molar-refractivity contribution in [1.82, 2.24) is 4.98 Å². The highest BCUT2D eigenvalue weighted by molar-refractivity contribution is 6.05. The molecule has 0 aliphatic heterocycles. The molecule has 2 N–H and O–H groups in total. The molecule has 1 amide bonds. The Morgan fingerprint density at radius 3 is 2.35 bits per heavy atom. The van der Waals surface area contributed by atoms with Crippen LogP contribution in [0.4, 0.5) is 5.69 Å². The van der Waals surface area contributed by atoms with Gasteiger partial charge in [0.2, 0.25) is 0 Å². The number of hydrogen-bond donors (Lipinski definition) is 2. The van der Waals surface area contributed by atoms with Crippen molar-refractivity contribution in [3.63, 3.8) is 0 Å². The Kier molecular flexibility index (Phi) is 3.93. The summed E-state index contributed by atoms with van der Waals surface area (Å²) >= 11 is 0. The molecule has 0 radical (unpaired) electrons. The van der Waals surface area contributed by atoms with Gasteiger partial charge in [-0.3, -0.25) is 4.79 Å². The number of carbonyl (C=O) groups excluding carboxylic acids is 1. The van der Waals surface area contributed by atoms with Gasteiger partial charge in [0, 0.05) is 33.9 Å². The fourth-order valence-electron chi connectivity index (χ4n) is 2.50. The zero-order valence-corrected chi connectivity index (χ0v) is 13.3. The molecule has 2 aromatic carbocycles. The lowest BCUT2D eigenvalue weighted by molar-refractivity contribution is 0.102. The van der Waals surface area contributed by atoms with Gasteiger partial charge in [0.05, 0.1) is 14.2 Å². The molecule has 5 heteroatoms. The van der Waals surface area contributed by atoms with Crippen molar-refractivity contribution in [2.75, 3.05) is 19.5 Å². The van der Waals surface area contributed by atoms with Gasteiger partial charge in [0.15, 0.2) is 0 Å². The van der Waals surface area contributed by atoms with Gasteiger partial charge in [-0.15, -0.1) is 0 Å². The van der Waals surface area contributed by atoms with E-state index in [9.17, 15) is 4.79 Å². The number of aromatic nitrogens is 1. The van der Waals surface area contributed by atoms with Gasteiger partial charge in [-0.2, -0.15) is 0 Å². The molecule has 0 fully saturated rings. The molecule has 0 saturated carbocycles. The van der Waals surface area contributed by atoms with Gasteiger partial charge in [-0.25, -0.2) is 0 Å². The molecule has 23 heavy (non-hydrogen) atoms. The van der Waals surface area contributed by atoms with E-state index in [-0.39, 0.29) is 5.91 Å². The van der Waals surface area contributed by atoms with Crippen LogP contribution >= 0.6 is 0 Å². The maximum atomic E-state index is 12.5. The van der Waals surface area contributed by atoms with E-state index in [4.69, 9.17) is 9.47 Å². The maximum Gasteiger partial charge on any atom is 0.255 e. The van der Waals surface area contributed by atoms with Crippen molar-refractivity contribution in [2.24, 2.45) is 0 Å². The number of aromatic amines is 1. The van der Waals surface area contributed by atoms with Crippen LogP contribution in [-0.2, 0) is 0 Å². The highest BCUT2D eigenvalue weighted by Crippen LogP contribution is 2.24. The van der Waals surface area contributed by atoms with E-state index in [0.29, 0.717) is 17.1 Å². The normalized spacial score (nSPS) is 10.6. The van der Waals surface area contributed by atoms with E-state index < -0.39 is 0 Å². The molecule has 1 heterocycles. The van der Waals surface area contributed by atoms with Crippen LogP contribution in [0.5, 0.6) is 11.5 Å². The van der Waals surface area contributed by atoms with Crippen LogP contribution in [0, 0.1) is 6.92 Å². The molecular weight excluding hydrogens is 292 g/mol. The lowest BCUT2D eigenvalue weighted by Gasteiger charge is -2.09. The van der Waals surface area contributed by atoms with Crippen LogP contribution in [0.3, 0.4) is 0 Å². The molecule has 5 nitrogen and oxygen atoms in total. The molecule has 118 valence electrons. The Morgan fingerprint density at radius 1 is 1.00 bits per heavy atom. The van der Waals surface area contributed by atoms with Crippen LogP contribution in [0.2, 0.25) is 0 Å². The molecule has 0 atom stereocenters. The van der Waals surface area contributed by atoms with E-state index in [1.165, 1.54) is 0 Å². The third kappa shape index (κ3) is 3.13. The Labute approximate surface area is 134 Å². The fraction of sp³-hybridized carbons (Fsp3) is 0.167. The summed E-state index contributed by atoms with van der Waals surface area (Å²) in [5.74, 6) is 0.936. The van der Waals surface area contributed by atoms with E-state index in [2.05, 4.69) is 10.3 Å². The van der Waals surface area contributed by atoms with Crippen LogP contribution < -0.4 is 14.8 Å². The SMILES string of the molecule is COc1cc(OC)cc(C(=O)Nc2ccc3[nH]c(C)cc3c2)c1. The number of carbonyl (C=O) groups is 1. The standard InChI is InChI=1S/C18H18N2O3/c1-11-6-12-7-14(4-5-17(12)19-11)20-18(21)13-8-15(22-2)10-16(9-13)23-3/h4-10,19H,1-3H3,(H,20,21). The summed E-state index contributed by atoms with van der Waals surface area (Å²) in [5, 5.41) is 3.96. The topological polar surface area (TPSA) is 63.4 Å². The van der Waals surface area contributed by atoms with Crippen molar-refractivity contribution in [2.45, 2.75) is 6.92 Å². The molecule has 0 spiro atoms. The second-order valence-electron chi connectivity index (χ2n) is 5.31. The zero-order valence-electron chi connectivity index (χ0n) is 13.3. The number of aryl methyl sites for hydroxylation is 1. The van der Waals surface area contributed by atoms with E-state index in [1.54, 1.807) is 32.4 Å². The summed E-state index contributed by atoms with van der Waals surface area (Å²) in [7, 11) is 3.11. The highest BCUT2D eigenvalue weighted by Gasteiger charge is 2.11. The van der Waals surface area contributed by atoms with Gasteiger partial charge < -0.3 is 19.8 Å². The third-order valence-corrected chi connectivity index (χ3v) is 3.63. The first kappa shape index (κ1) is 15.0. The summed E-state index contributed by atoms with van der Waals surface area (Å²) in [4.78, 5) is 15.7. The number of benzene rings is 2. The van der Waals surface area contributed by atoms with Gasteiger partial charge in [0.25, 0.3) is 5.91 Å². The molecule has 0 aliphatic carbocycles. The summed E-state index contributed by atoms with van der Waals surface area (Å²) in [6, 6.07) is 12.9. The second kappa shape index (κ2) is 6.04. The van der Waals surface area contributed by atoms with E-state index in [0.717, 1.165) is 22.3 Å². The summed E-state index contributed by atoms with van der Waals surface area (Å²) in [5.41, 5.74) is 3.35. The number of amides is 1. The molecule has 0 bridgehead atoms. The van der Waals surface area contributed by atoms with Crippen LogP contribution in [0.15, 0.2) is 42.5 Å². The first-order valence-corrected chi connectivity index (χ1v) is 7.23. The lowest BCUT2D eigenvalue weighted by atomic mass is 10.1. The minimum absolute atomic E-state index is 0.214. The zero-order chi connectivity index (χ0) is 16.4. The average Bonchev–Trinajstić information content (AvgIpc) is 2.93. The summed E-state index contributed by atoms with van der Waals surface area (Å²) < 4.78 is 10.4. The molecule has 1 aromatic heterocycles. The number of fused-ring (bicyclic) bond motifs is 1. The number of nitrogens with one attached hydrogen (secondary N) is 2. The third-order valence-electron chi connectivity index (χ3n) is 3.63. The number of methoxy groups -OCH3 is 2. The largest absolute Gasteiger partial charge is 0.497 e. The Hall–Kier alpha value is -2.95. The van der Waals surface area contributed by atoms with Crippen molar-refractivity contribution in [3.05, 3.63) is 53.7 Å². The van der Waals surface area contributed by atoms with Gasteiger partial charge in [-0.1, -0.05) is 0 Å². The van der Waals surface area contributed by atoms with Gasteiger partial charge in [0.1, 0.15) is 11.5 Å². The average molecular weight is 310 g/mol. The molecule has 3 aromatic rings. The van der Waals surface area contributed by atoms with E-state index in [1.807, 2.05) is 31.2 Å². The first-order chi connectivity index (χ1) is 11.1. The van der Waals surface area contributed by atoms with Crippen LogP contribution in [0.1, 0.15) is 16.1 Å². The number of ether oxygens (including phenoxy) is 2. The smallest absolute Gasteiger partial charge is 0.255 e.